The van der Waals surface area contributed by atoms with Crippen molar-refractivity contribution >= 4 is 27.3 Å². The van der Waals surface area contributed by atoms with E-state index in [0.29, 0.717) is 12.1 Å². The molecule has 0 saturated heterocycles. The van der Waals surface area contributed by atoms with Gasteiger partial charge < -0.3 is 5.32 Å². The number of hydrogen-bond donors (Lipinski definition) is 1. The number of benzene rings is 1. The first-order chi connectivity index (χ1) is 10.3. The molecule has 2 unspecified atom stereocenters. The molecule has 0 spiro atoms. The van der Waals surface area contributed by atoms with E-state index in [1.807, 2.05) is 11.3 Å². The molecule has 1 N–H and O–H groups in total. The van der Waals surface area contributed by atoms with Gasteiger partial charge in [0, 0.05) is 17.0 Å². The van der Waals surface area contributed by atoms with Gasteiger partial charge in [0.05, 0.1) is 3.79 Å². The van der Waals surface area contributed by atoms with Crippen LogP contribution in [0.25, 0.3) is 0 Å². The van der Waals surface area contributed by atoms with Gasteiger partial charge in [0.15, 0.2) is 0 Å². The molecule has 2 aliphatic rings. The Kier molecular flexibility index (Phi) is 3.91. The van der Waals surface area contributed by atoms with Crippen molar-refractivity contribution in [3.05, 3.63) is 55.7 Å². The Bertz CT molecular complexity index is 648. The summed E-state index contributed by atoms with van der Waals surface area (Å²) in [6, 6.07) is 12.5. The fraction of sp³-hybridized carbons (Fsp3) is 0.444. The monoisotopic (exact) mass is 361 g/mol. The topological polar surface area (TPSA) is 12.0 Å². The van der Waals surface area contributed by atoms with Crippen LogP contribution in [-0.4, -0.2) is 6.04 Å². The first kappa shape index (κ1) is 14.0. The first-order valence-corrected chi connectivity index (χ1v) is 9.51. The van der Waals surface area contributed by atoms with E-state index < -0.39 is 0 Å². The normalized spacial score (nSPS) is 24.4. The average Bonchev–Trinajstić information content (AvgIpc) is 2.89. The van der Waals surface area contributed by atoms with E-state index in [9.17, 15) is 0 Å². The summed E-state index contributed by atoms with van der Waals surface area (Å²) in [5.74, 6) is 0. The molecule has 1 heterocycles. The number of aryl methyl sites for hydroxylation is 2. The van der Waals surface area contributed by atoms with Gasteiger partial charge in [-0.2, -0.15) is 0 Å². The lowest BCUT2D eigenvalue weighted by molar-refractivity contribution is 0.370. The fourth-order valence-corrected chi connectivity index (χ4v) is 5.64. The second-order valence-corrected chi connectivity index (χ2v) is 8.76. The van der Waals surface area contributed by atoms with Crippen LogP contribution in [0.1, 0.15) is 46.9 Å². The molecule has 0 bridgehead atoms. The third-order valence-electron chi connectivity index (χ3n) is 4.87. The maximum Gasteiger partial charge on any atom is 0.0704 e. The van der Waals surface area contributed by atoms with Crippen molar-refractivity contribution in [2.45, 2.75) is 50.6 Å². The number of fused-ring (bicyclic) bond motifs is 2. The highest BCUT2D eigenvalue weighted by Gasteiger charge is 2.26. The molecule has 110 valence electrons. The lowest BCUT2D eigenvalue weighted by Crippen LogP contribution is -2.38. The third kappa shape index (κ3) is 2.84. The van der Waals surface area contributed by atoms with Crippen LogP contribution in [0.5, 0.6) is 0 Å². The lowest BCUT2D eigenvalue weighted by atomic mass is 9.86. The lowest BCUT2D eigenvalue weighted by Gasteiger charge is -2.32. The standard InChI is InChI=1S/C18H20BrNS/c19-18-11-15-16(6-3-7-17(15)21-18)20-14-9-8-12-4-1-2-5-13(12)10-14/h1-2,4-5,11,14,16,20H,3,6-10H2. The van der Waals surface area contributed by atoms with Crippen LogP contribution in [-0.2, 0) is 19.3 Å². The van der Waals surface area contributed by atoms with Gasteiger partial charge in [-0.15, -0.1) is 11.3 Å². The zero-order valence-corrected chi connectivity index (χ0v) is 14.5. The van der Waals surface area contributed by atoms with Gasteiger partial charge in [-0.25, -0.2) is 0 Å². The summed E-state index contributed by atoms with van der Waals surface area (Å²) in [5.41, 5.74) is 4.65. The van der Waals surface area contributed by atoms with Crippen LogP contribution in [0.15, 0.2) is 34.1 Å². The van der Waals surface area contributed by atoms with Crippen molar-refractivity contribution in [2.24, 2.45) is 0 Å². The van der Waals surface area contributed by atoms with Gasteiger partial charge in [-0.3, -0.25) is 0 Å². The van der Waals surface area contributed by atoms with Crippen molar-refractivity contribution in [3.63, 3.8) is 0 Å². The minimum Gasteiger partial charge on any atom is -0.307 e. The number of rotatable bonds is 2. The molecule has 0 amide bonds. The molecule has 0 aliphatic heterocycles. The molecule has 2 aromatic rings. The van der Waals surface area contributed by atoms with Gasteiger partial charge in [-0.05, 0) is 77.2 Å². The molecular weight excluding hydrogens is 342 g/mol. The molecule has 0 saturated carbocycles. The molecule has 2 atom stereocenters. The van der Waals surface area contributed by atoms with E-state index in [4.69, 9.17) is 0 Å². The first-order valence-electron chi connectivity index (χ1n) is 7.90. The maximum atomic E-state index is 3.95. The predicted molar refractivity (Wildman–Crippen MR) is 93.1 cm³/mol. The Labute approximate surface area is 138 Å². The molecule has 0 radical (unpaired) electrons. The van der Waals surface area contributed by atoms with Crippen molar-refractivity contribution < 1.29 is 0 Å². The van der Waals surface area contributed by atoms with Crippen molar-refractivity contribution in [2.75, 3.05) is 0 Å². The summed E-state index contributed by atoms with van der Waals surface area (Å²) in [6.07, 6.45) is 7.55. The molecule has 4 rings (SSSR count). The fourth-order valence-electron chi connectivity index (χ4n) is 3.82. The molecule has 1 aromatic carbocycles. The van der Waals surface area contributed by atoms with E-state index in [-0.39, 0.29) is 0 Å². The summed E-state index contributed by atoms with van der Waals surface area (Å²) in [5, 5.41) is 3.95. The van der Waals surface area contributed by atoms with Crippen LogP contribution in [0.3, 0.4) is 0 Å². The van der Waals surface area contributed by atoms with E-state index >= 15 is 0 Å². The summed E-state index contributed by atoms with van der Waals surface area (Å²) in [7, 11) is 0. The van der Waals surface area contributed by atoms with E-state index in [0.717, 1.165) is 0 Å². The zero-order chi connectivity index (χ0) is 14.2. The van der Waals surface area contributed by atoms with Gasteiger partial charge in [-0.1, -0.05) is 24.3 Å². The quantitative estimate of drug-likeness (QED) is 0.790. The molecule has 21 heavy (non-hydrogen) atoms. The van der Waals surface area contributed by atoms with Gasteiger partial charge >= 0.3 is 0 Å². The van der Waals surface area contributed by atoms with Gasteiger partial charge in [0.25, 0.3) is 0 Å². The second-order valence-electron chi connectivity index (χ2n) is 6.25. The zero-order valence-electron chi connectivity index (χ0n) is 12.1. The summed E-state index contributed by atoms with van der Waals surface area (Å²) < 4.78 is 1.29. The molecule has 2 aliphatic carbocycles. The van der Waals surface area contributed by atoms with Crippen LogP contribution in [0.4, 0.5) is 0 Å². The average molecular weight is 362 g/mol. The van der Waals surface area contributed by atoms with Crippen molar-refractivity contribution in [1.29, 1.82) is 0 Å². The Morgan fingerprint density at radius 1 is 1.10 bits per heavy atom. The van der Waals surface area contributed by atoms with E-state index in [1.165, 1.54) is 42.3 Å². The molecular formula is C18H20BrNS. The van der Waals surface area contributed by atoms with E-state index in [1.54, 1.807) is 21.6 Å². The Balaban J connectivity index is 1.50. The summed E-state index contributed by atoms with van der Waals surface area (Å²) in [4.78, 5) is 1.59. The number of halogens is 1. The SMILES string of the molecule is Brc1cc2c(s1)CCCC2NC1CCc2ccccc2C1. The van der Waals surface area contributed by atoms with Crippen LogP contribution >= 0.6 is 27.3 Å². The van der Waals surface area contributed by atoms with Crippen molar-refractivity contribution in [3.8, 4) is 0 Å². The number of nitrogens with one attached hydrogen (secondary N) is 1. The molecule has 3 heteroatoms. The Hall–Kier alpha value is -0.640. The number of hydrogen-bond acceptors (Lipinski definition) is 2. The highest BCUT2D eigenvalue weighted by molar-refractivity contribution is 9.11. The third-order valence-corrected chi connectivity index (χ3v) is 6.58. The minimum absolute atomic E-state index is 0.562. The highest BCUT2D eigenvalue weighted by atomic mass is 79.9. The maximum absolute atomic E-state index is 3.95. The Morgan fingerprint density at radius 3 is 2.86 bits per heavy atom. The smallest absolute Gasteiger partial charge is 0.0704 e. The number of thiophene rings is 1. The molecule has 0 fully saturated rings. The summed E-state index contributed by atoms with van der Waals surface area (Å²) >= 11 is 5.58. The predicted octanol–water partition coefficient (Wildman–Crippen LogP) is 5.04. The minimum atomic E-state index is 0.562. The largest absolute Gasteiger partial charge is 0.307 e. The van der Waals surface area contributed by atoms with Crippen molar-refractivity contribution in [1.82, 2.24) is 5.32 Å². The van der Waals surface area contributed by atoms with Gasteiger partial charge in [0.1, 0.15) is 0 Å². The van der Waals surface area contributed by atoms with E-state index in [2.05, 4.69) is 51.6 Å². The molecule has 1 nitrogen and oxygen atoms in total. The van der Waals surface area contributed by atoms with Gasteiger partial charge in [0.2, 0.25) is 0 Å². The Morgan fingerprint density at radius 2 is 1.95 bits per heavy atom. The molecule has 1 aromatic heterocycles. The van der Waals surface area contributed by atoms with Crippen LogP contribution < -0.4 is 5.32 Å². The summed E-state index contributed by atoms with van der Waals surface area (Å²) in [6.45, 7) is 0. The highest BCUT2D eigenvalue weighted by Crippen LogP contribution is 2.38. The van der Waals surface area contributed by atoms with Crippen LogP contribution in [0, 0.1) is 0 Å². The van der Waals surface area contributed by atoms with Crippen LogP contribution in [0.2, 0.25) is 0 Å². The second kappa shape index (κ2) is 5.86.